The van der Waals surface area contributed by atoms with Crippen molar-refractivity contribution in [3.8, 4) is 17.7 Å². The van der Waals surface area contributed by atoms with Crippen molar-refractivity contribution < 1.29 is 9.53 Å². The van der Waals surface area contributed by atoms with Crippen LogP contribution in [0.15, 0.2) is 12.4 Å². The van der Waals surface area contributed by atoms with Crippen molar-refractivity contribution in [3.05, 3.63) is 18.1 Å². The van der Waals surface area contributed by atoms with E-state index in [1.54, 1.807) is 6.92 Å². The fourth-order valence-corrected chi connectivity index (χ4v) is 0.863. The molecule has 0 aliphatic carbocycles. The SMILES string of the molecule is CC#CCC(=O)c1cc(OC)ncn1. The number of methoxy groups -OCH3 is 1. The number of Topliss-reactive ketones (excluding diaryl/α,β-unsaturated/α-hetero) is 1. The first-order valence-electron chi connectivity index (χ1n) is 4.06. The van der Waals surface area contributed by atoms with Gasteiger partial charge < -0.3 is 4.74 Å². The summed E-state index contributed by atoms with van der Waals surface area (Å²) in [4.78, 5) is 19.1. The van der Waals surface area contributed by atoms with Crippen molar-refractivity contribution in [1.29, 1.82) is 0 Å². The fraction of sp³-hybridized carbons (Fsp3) is 0.300. The summed E-state index contributed by atoms with van der Waals surface area (Å²) in [6, 6.07) is 1.50. The summed E-state index contributed by atoms with van der Waals surface area (Å²) >= 11 is 0. The Hall–Kier alpha value is -1.89. The second kappa shape index (κ2) is 4.97. The molecule has 14 heavy (non-hydrogen) atoms. The van der Waals surface area contributed by atoms with Crippen molar-refractivity contribution in [3.63, 3.8) is 0 Å². The number of hydrogen-bond donors (Lipinski definition) is 0. The molecule has 0 aromatic carbocycles. The summed E-state index contributed by atoms with van der Waals surface area (Å²) in [5, 5.41) is 0. The molecule has 0 bridgehead atoms. The zero-order valence-electron chi connectivity index (χ0n) is 8.07. The number of carbonyl (C=O) groups excluding carboxylic acids is 1. The fourth-order valence-electron chi connectivity index (χ4n) is 0.863. The quantitative estimate of drug-likeness (QED) is 0.528. The monoisotopic (exact) mass is 190 g/mol. The number of carbonyl (C=O) groups is 1. The van der Waals surface area contributed by atoms with Gasteiger partial charge in [0.15, 0.2) is 5.78 Å². The molecular formula is C10H10N2O2. The van der Waals surface area contributed by atoms with Gasteiger partial charge in [0.05, 0.1) is 13.5 Å². The minimum Gasteiger partial charge on any atom is -0.481 e. The van der Waals surface area contributed by atoms with Crippen LogP contribution >= 0.6 is 0 Å². The van der Waals surface area contributed by atoms with E-state index in [0.717, 1.165) is 0 Å². The number of ether oxygens (including phenoxy) is 1. The third-order valence-corrected chi connectivity index (χ3v) is 1.56. The van der Waals surface area contributed by atoms with Gasteiger partial charge in [-0.3, -0.25) is 4.79 Å². The van der Waals surface area contributed by atoms with Gasteiger partial charge >= 0.3 is 0 Å². The molecule has 0 unspecified atom stereocenters. The Morgan fingerprint density at radius 3 is 3.00 bits per heavy atom. The van der Waals surface area contributed by atoms with Gasteiger partial charge in [-0.25, -0.2) is 9.97 Å². The molecule has 0 atom stereocenters. The minimum atomic E-state index is -0.125. The van der Waals surface area contributed by atoms with Gasteiger partial charge in [-0.2, -0.15) is 0 Å². The number of ketones is 1. The highest BCUT2D eigenvalue weighted by Crippen LogP contribution is 2.07. The summed E-state index contributed by atoms with van der Waals surface area (Å²) in [7, 11) is 1.49. The van der Waals surface area contributed by atoms with Gasteiger partial charge in [0.1, 0.15) is 12.0 Å². The van der Waals surface area contributed by atoms with Crippen LogP contribution in [0.1, 0.15) is 23.8 Å². The van der Waals surface area contributed by atoms with Gasteiger partial charge in [-0.05, 0) is 6.92 Å². The molecule has 0 aliphatic rings. The predicted molar refractivity (Wildman–Crippen MR) is 51.0 cm³/mol. The Morgan fingerprint density at radius 1 is 1.57 bits per heavy atom. The second-order valence-corrected chi connectivity index (χ2v) is 2.47. The lowest BCUT2D eigenvalue weighted by Crippen LogP contribution is -2.02. The van der Waals surface area contributed by atoms with E-state index in [4.69, 9.17) is 4.74 Å². The number of rotatable bonds is 3. The van der Waals surface area contributed by atoms with E-state index in [-0.39, 0.29) is 12.2 Å². The minimum absolute atomic E-state index is 0.125. The molecule has 0 amide bonds. The summed E-state index contributed by atoms with van der Waals surface area (Å²) in [6.07, 6.45) is 1.47. The van der Waals surface area contributed by atoms with E-state index in [0.29, 0.717) is 11.6 Å². The Kier molecular flexibility index (Phi) is 3.62. The first-order chi connectivity index (χ1) is 6.77. The molecular weight excluding hydrogens is 180 g/mol. The van der Waals surface area contributed by atoms with Crippen LogP contribution in [0.2, 0.25) is 0 Å². The molecule has 0 fully saturated rings. The lowest BCUT2D eigenvalue weighted by Gasteiger charge is -1.99. The first-order valence-corrected chi connectivity index (χ1v) is 4.06. The van der Waals surface area contributed by atoms with Crippen molar-refractivity contribution in [2.45, 2.75) is 13.3 Å². The van der Waals surface area contributed by atoms with Crippen molar-refractivity contribution in [2.24, 2.45) is 0 Å². The molecule has 1 aromatic rings. The number of nitrogens with zero attached hydrogens (tertiary/aromatic N) is 2. The van der Waals surface area contributed by atoms with Gasteiger partial charge in [0, 0.05) is 6.07 Å². The molecule has 0 saturated heterocycles. The Bertz CT molecular complexity index is 391. The molecule has 0 saturated carbocycles. The molecule has 1 heterocycles. The summed E-state index contributed by atoms with van der Waals surface area (Å²) in [5.41, 5.74) is 0.333. The average Bonchev–Trinajstić information content (AvgIpc) is 2.26. The first kappa shape index (κ1) is 10.2. The number of aromatic nitrogens is 2. The zero-order valence-corrected chi connectivity index (χ0v) is 8.07. The standard InChI is InChI=1S/C10H10N2O2/c1-3-4-5-9(13)8-6-10(14-2)12-7-11-8/h6-7H,5H2,1-2H3. The molecule has 4 nitrogen and oxygen atoms in total. The topological polar surface area (TPSA) is 52.1 Å². The van der Waals surface area contributed by atoms with Gasteiger partial charge in [-0.15, -0.1) is 5.92 Å². The molecule has 0 N–H and O–H groups in total. The van der Waals surface area contributed by atoms with Crippen LogP contribution in [0.4, 0.5) is 0 Å². The largest absolute Gasteiger partial charge is 0.481 e. The summed E-state index contributed by atoms with van der Waals surface area (Å²) < 4.78 is 4.87. The maximum Gasteiger partial charge on any atom is 0.216 e. The smallest absolute Gasteiger partial charge is 0.216 e. The Morgan fingerprint density at radius 2 is 2.36 bits per heavy atom. The maximum atomic E-state index is 11.4. The van der Waals surface area contributed by atoms with Gasteiger partial charge in [0.2, 0.25) is 5.88 Å². The molecule has 72 valence electrons. The number of hydrogen-bond acceptors (Lipinski definition) is 4. The van der Waals surface area contributed by atoms with Gasteiger partial charge in [0.25, 0.3) is 0 Å². The highest BCUT2D eigenvalue weighted by atomic mass is 16.5. The zero-order chi connectivity index (χ0) is 10.4. The van der Waals surface area contributed by atoms with Crippen LogP contribution in [0.3, 0.4) is 0 Å². The molecule has 1 rings (SSSR count). The molecule has 1 aromatic heterocycles. The van der Waals surface area contributed by atoms with E-state index in [1.165, 1.54) is 19.5 Å². The highest BCUT2D eigenvalue weighted by molar-refractivity contribution is 5.95. The molecule has 0 spiro atoms. The average molecular weight is 190 g/mol. The Balaban J connectivity index is 2.82. The lowest BCUT2D eigenvalue weighted by atomic mass is 10.2. The van der Waals surface area contributed by atoms with E-state index < -0.39 is 0 Å². The van der Waals surface area contributed by atoms with E-state index in [9.17, 15) is 4.79 Å². The normalized spacial score (nSPS) is 8.71. The van der Waals surface area contributed by atoms with Crippen LogP contribution in [0.25, 0.3) is 0 Å². The third-order valence-electron chi connectivity index (χ3n) is 1.56. The molecule has 0 aliphatic heterocycles. The second-order valence-electron chi connectivity index (χ2n) is 2.47. The maximum absolute atomic E-state index is 11.4. The van der Waals surface area contributed by atoms with Crippen LogP contribution in [0.5, 0.6) is 5.88 Å². The van der Waals surface area contributed by atoms with E-state index in [1.807, 2.05) is 0 Å². The van der Waals surface area contributed by atoms with Crippen LogP contribution in [0, 0.1) is 11.8 Å². The van der Waals surface area contributed by atoms with Crippen LogP contribution in [-0.2, 0) is 0 Å². The van der Waals surface area contributed by atoms with Crippen molar-refractivity contribution >= 4 is 5.78 Å². The summed E-state index contributed by atoms with van der Waals surface area (Å²) in [5.74, 6) is 5.59. The Labute approximate surface area is 82.3 Å². The van der Waals surface area contributed by atoms with Gasteiger partial charge in [-0.1, -0.05) is 5.92 Å². The third kappa shape index (κ3) is 2.56. The highest BCUT2D eigenvalue weighted by Gasteiger charge is 2.06. The lowest BCUT2D eigenvalue weighted by molar-refractivity contribution is 0.0992. The van der Waals surface area contributed by atoms with E-state index in [2.05, 4.69) is 21.8 Å². The van der Waals surface area contributed by atoms with Crippen molar-refractivity contribution in [2.75, 3.05) is 7.11 Å². The summed E-state index contributed by atoms with van der Waals surface area (Å²) in [6.45, 7) is 1.69. The van der Waals surface area contributed by atoms with Crippen LogP contribution < -0.4 is 4.74 Å². The predicted octanol–water partition coefficient (Wildman–Crippen LogP) is 1.08. The van der Waals surface area contributed by atoms with E-state index >= 15 is 0 Å². The molecule has 4 heteroatoms. The van der Waals surface area contributed by atoms with Crippen LogP contribution in [-0.4, -0.2) is 22.9 Å². The molecule has 0 radical (unpaired) electrons. The van der Waals surface area contributed by atoms with Crippen molar-refractivity contribution in [1.82, 2.24) is 9.97 Å².